The summed E-state index contributed by atoms with van der Waals surface area (Å²) in [7, 11) is 0. The van der Waals surface area contributed by atoms with Crippen LogP contribution in [0.15, 0.2) is 197 Å². The summed E-state index contributed by atoms with van der Waals surface area (Å²) in [5.74, 6) is 0. The molecule has 2 heterocycles. The zero-order valence-electron chi connectivity index (χ0n) is 28.7. The number of fused-ring (bicyclic) bond motifs is 10. The molecule has 0 fully saturated rings. The first kappa shape index (κ1) is 29.6. The Morgan fingerprint density at radius 3 is 1.19 bits per heavy atom. The van der Waals surface area contributed by atoms with Gasteiger partial charge in [-0.25, -0.2) is 0 Å². The minimum atomic E-state index is 0.905. The van der Waals surface area contributed by atoms with Crippen molar-refractivity contribution in [3.8, 4) is 22.3 Å². The lowest BCUT2D eigenvalue weighted by Gasteiger charge is -2.26. The molecule has 53 heavy (non-hydrogen) atoms. The van der Waals surface area contributed by atoms with E-state index >= 15 is 0 Å². The molecule has 11 aromatic rings. The van der Waals surface area contributed by atoms with E-state index in [-0.39, 0.29) is 0 Å². The van der Waals surface area contributed by atoms with Gasteiger partial charge in [0.05, 0.1) is 0 Å². The van der Waals surface area contributed by atoms with Crippen LogP contribution in [0.3, 0.4) is 0 Å². The molecule has 2 aromatic heterocycles. The van der Waals surface area contributed by atoms with Crippen LogP contribution in [0.5, 0.6) is 0 Å². The van der Waals surface area contributed by atoms with Gasteiger partial charge in [0.15, 0.2) is 0 Å². The standard InChI is InChI=1S/C50H31NO2/c1-2-10-38(11-3-1)51(39-22-14-32(15-23-39)36-20-28-47-45(30-36)43-26-18-34-8-4-6-12-41(34)49(43)52-47)40-24-16-33(17-25-40)37-21-29-48-46(31-37)44-27-19-35-9-5-7-13-42(35)50(44)53-48/h1-31H. The number of hydrogen-bond acceptors (Lipinski definition) is 3. The van der Waals surface area contributed by atoms with Crippen LogP contribution in [0.25, 0.3) is 87.7 Å². The molecule has 0 aliphatic heterocycles. The second-order valence-electron chi connectivity index (χ2n) is 13.7. The molecule has 0 bridgehead atoms. The summed E-state index contributed by atoms with van der Waals surface area (Å²) >= 11 is 0. The van der Waals surface area contributed by atoms with Crippen molar-refractivity contribution in [3.63, 3.8) is 0 Å². The fraction of sp³-hybridized carbons (Fsp3) is 0. The molecule has 0 amide bonds. The summed E-state index contributed by atoms with van der Waals surface area (Å²) in [6.07, 6.45) is 0. The lowest BCUT2D eigenvalue weighted by atomic mass is 10.0. The molecule has 0 unspecified atom stereocenters. The van der Waals surface area contributed by atoms with Gasteiger partial charge in [-0.15, -0.1) is 0 Å². The summed E-state index contributed by atoms with van der Waals surface area (Å²) in [6.45, 7) is 0. The summed E-state index contributed by atoms with van der Waals surface area (Å²) in [4.78, 5) is 2.31. The van der Waals surface area contributed by atoms with Crippen molar-refractivity contribution >= 4 is 82.5 Å². The molecular weight excluding hydrogens is 647 g/mol. The Morgan fingerprint density at radius 2 is 0.698 bits per heavy atom. The molecular formula is C50H31NO2. The van der Waals surface area contributed by atoms with Crippen LogP contribution >= 0.6 is 0 Å². The average molecular weight is 678 g/mol. The van der Waals surface area contributed by atoms with Crippen molar-refractivity contribution in [1.82, 2.24) is 0 Å². The Balaban J connectivity index is 0.940. The molecule has 0 spiro atoms. The maximum absolute atomic E-state index is 6.38. The zero-order valence-corrected chi connectivity index (χ0v) is 28.7. The van der Waals surface area contributed by atoms with E-state index in [4.69, 9.17) is 8.83 Å². The summed E-state index contributed by atoms with van der Waals surface area (Å²) in [5.41, 5.74) is 11.6. The van der Waals surface area contributed by atoms with E-state index in [1.54, 1.807) is 0 Å². The quantitative estimate of drug-likeness (QED) is 0.182. The average Bonchev–Trinajstić information content (AvgIpc) is 3.80. The van der Waals surface area contributed by atoms with Gasteiger partial charge in [-0.1, -0.05) is 115 Å². The third-order valence-corrected chi connectivity index (χ3v) is 10.7. The van der Waals surface area contributed by atoms with Gasteiger partial charge < -0.3 is 13.7 Å². The van der Waals surface area contributed by atoms with Crippen LogP contribution in [0, 0.1) is 0 Å². The molecule has 0 atom stereocenters. The van der Waals surface area contributed by atoms with Crippen molar-refractivity contribution in [3.05, 3.63) is 188 Å². The number of furan rings is 2. The Morgan fingerprint density at radius 1 is 0.283 bits per heavy atom. The van der Waals surface area contributed by atoms with Crippen LogP contribution in [0.4, 0.5) is 17.1 Å². The van der Waals surface area contributed by atoms with Crippen molar-refractivity contribution in [2.24, 2.45) is 0 Å². The largest absolute Gasteiger partial charge is 0.455 e. The van der Waals surface area contributed by atoms with Crippen LogP contribution in [-0.2, 0) is 0 Å². The SMILES string of the molecule is c1ccc(N(c2ccc(-c3ccc4oc5c6ccccc6ccc5c4c3)cc2)c2ccc(-c3ccc4oc5c6ccccc6ccc5c4c3)cc2)cc1. The molecule has 248 valence electrons. The molecule has 0 aliphatic carbocycles. The van der Waals surface area contributed by atoms with Gasteiger partial charge in [-0.2, -0.15) is 0 Å². The Bertz CT molecular complexity index is 2960. The van der Waals surface area contributed by atoms with Crippen molar-refractivity contribution < 1.29 is 8.83 Å². The molecule has 9 aromatic carbocycles. The first-order valence-electron chi connectivity index (χ1n) is 18.0. The highest BCUT2D eigenvalue weighted by molar-refractivity contribution is 6.16. The molecule has 0 saturated heterocycles. The van der Waals surface area contributed by atoms with Crippen molar-refractivity contribution in [2.45, 2.75) is 0 Å². The topological polar surface area (TPSA) is 29.5 Å². The monoisotopic (exact) mass is 677 g/mol. The van der Waals surface area contributed by atoms with Gasteiger partial charge in [-0.3, -0.25) is 0 Å². The number of anilines is 3. The number of benzene rings is 9. The maximum Gasteiger partial charge on any atom is 0.143 e. The Labute approximate surface area is 305 Å². The first-order valence-corrected chi connectivity index (χ1v) is 18.0. The van der Waals surface area contributed by atoms with Gasteiger partial charge in [0.1, 0.15) is 22.3 Å². The third kappa shape index (κ3) is 4.82. The van der Waals surface area contributed by atoms with Gasteiger partial charge in [-0.05, 0) is 106 Å². The van der Waals surface area contributed by atoms with Crippen LogP contribution in [-0.4, -0.2) is 0 Å². The van der Waals surface area contributed by atoms with E-state index in [0.29, 0.717) is 0 Å². The van der Waals surface area contributed by atoms with E-state index in [0.717, 1.165) is 94.0 Å². The van der Waals surface area contributed by atoms with Crippen molar-refractivity contribution in [1.29, 1.82) is 0 Å². The van der Waals surface area contributed by atoms with Crippen LogP contribution < -0.4 is 4.90 Å². The molecule has 3 heteroatoms. The van der Waals surface area contributed by atoms with Gasteiger partial charge in [0.2, 0.25) is 0 Å². The zero-order chi connectivity index (χ0) is 34.9. The second-order valence-corrected chi connectivity index (χ2v) is 13.7. The molecule has 0 radical (unpaired) electrons. The molecule has 0 N–H and O–H groups in total. The minimum Gasteiger partial charge on any atom is -0.455 e. The van der Waals surface area contributed by atoms with Gasteiger partial charge in [0.25, 0.3) is 0 Å². The predicted molar refractivity (Wildman–Crippen MR) is 222 cm³/mol. The second kappa shape index (κ2) is 11.7. The highest BCUT2D eigenvalue weighted by Gasteiger charge is 2.16. The molecule has 11 rings (SSSR count). The lowest BCUT2D eigenvalue weighted by Crippen LogP contribution is -2.09. The summed E-state index contributed by atoms with van der Waals surface area (Å²) in [6, 6.07) is 66.8. The smallest absolute Gasteiger partial charge is 0.143 e. The highest BCUT2D eigenvalue weighted by atomic mass is 16.3. The van der Waals surface area contributed by atoms with Crippen LogP contribution in [0.2, 0.25) is 0 Å². The third-order valence-electron chi connectivity index (χ3n) is 10.7. The van der Waals surface area contributed by atoms with E-state index in [1.165, 1.54) is 10.8 Å². The number of hydrogen-bond donors (Lipinski definition) is 0. The van der Waals surface area contributed by atoms with E-state index < -0.39 is 0 Å². The van der Waals surface area contributed by atoms with Gasteiger partial charge in [0, 0.05) is 49.4 Å². The predicted octanol–water partition coefficient (Wildman–Crippen LogP) is 14.6. The number of nitrogens with zero attached hydrogens (tertiary/aromatic N) is 1. The van der Waals surface area contributed by atoms with E-state index in [9.17, 15) is 0 Å². The van der Waals surface area contributed by atoms with E-state index in [1.807, 2.05) is 0 Å². The minimum absolute atomic E-state index is 0.905. The lowest BCUT2D eigenvalue weighted by molar-refractivity contribution is 0.672. The fourth-order valence-electron chi connectivity index (χ4n) is 8.00. The maximum atomic E-state index is 6.38. The fourth-order valence-corrected chi connectivity index (χ4v) is 8.00. The van der Waals surface area contributed by atoms with Crippen LogP contribution in [0.1, 0.15) is 0 Å². The molecule has 0 aliphatic rings. The molecule has 3 nitrogen and oxygen atoms in total. The Kier molecular flexibility index (Phi) is 6.55. The van der Waals surface area contributed by atoms with Crippen molar-refractivity contribution in [2.75, 3.05) is 4.90 Å². The highest BCUT2D eigenvalue weighted by Crippen LogP contribution is 2.40. The van der Waals surface area contributed by atoms with Gasteiger partial charge >= 0.3 is 0 Å². The number of para-hydroxylation sites is 1. The first-order chi connectivity index (χ1) is 26.2. The number of rotatable bonds is 5. The summed E-state index contributed by atoms with van der Waals surface area (Å²) < 4.78 is 12.8. The summed E-state index contributed by atoms with van der Waals surface area (Å²) in [5, 5.41) is 9.20. The molecule has 0 saturated carbocycles. The Hall–Kier alpha value is -7.10. The normalized spacial score (nSPS) is 11.8. The van der Waals surface area contributed by atoms with E-state index in [2.05, 4.69) is 193 Å².